The van der Waals surface area contributed by atoms with Gasteiger partial charge in [0.25, 0.3) is 0 Å². The third-order valence-electron chi connectivity index (χ3n) is 4.38. The van der Waals surface area contributed by atoms with E-state index in [1.54, 1.807) is 0 Å². The molecule has 21 heavy (non-hydrogen) atoms. The zero-order chi connectivity index (χ0) is 14.7. The van der Waals surface area contributed by atoms with E-state index in [-0.39, 0.29) is 0 Å². The maximum atomic E-state index is 4.60. The molecule has 3 nitrogen and oxygen atoms in total. The van der Waals surface area contributed by atoms with E-state index in [1.165, 1.54) is 24.0 Å². The van der Waals surface area contributed by atoms with Gasteiger partial charge in [0, 0.05) is 18.3 Å². The number of benzene rings is 1. The monoisotopic (exact) mass is 283 g/mol. The van der Waals surface area contributed by atoms with Crippen molar-refractivity contribution in [2.75, 3.05) is 13.1 Å². The average Bonchev–Trinajstić information content (AvgIpc) is 2.92. The van der Waals surface area contributed by atoms with E-state index in [1.807, 2.05) is 6.20 Å². The average molecular weight is 283 g/mol. The largest absolute Gasteiger partial charge is 0.316 e. The molecule has 0 spiro atoms. The Morgan fingerprint density at radius 1 is 1.19 bits per heavy atom. The van der Waals surface area contributed by atoms with Crippen LogP contribution < -0.4 is 5.32 Å². The van der Waals surface area contributed by atoms with Crippen LogP contribution in [0.25, 0.3) is 11.1 Å². The van der Waals surface area contributed by atoms with E-state index in [0.29, 0.717) is 6.04 Å². The normalized spacial score (nSPS) is 21.5. The van der Waals surface area contributed by atoms with Gasteiger partial charge in [-0.25, -0.2) is 0 Å². The highest BCUT2D eigenvalue weighted by atomic mass is 15.3. The Labute approximate surface area is 127 Å². The van der Waals surface area contributed by atoms with Gasteiger partial charge in [0.2, 0.25) is 0 Å². The molecule has 1 aromatic carbocycles. The van der Waals surface area contributed by atoms with Crippen molar-refractivity contribution in [3.05, 3.63) is 42.7 Å². The van der Waals surface area contributed by atoms with Gasteiger partial charge in [-0.3, -0.25) is 4.68 Å². The van der Waals surface area contributed by atoms with Crippen LogP contribution in [-0.4, -0.2) is 22.9 Å². The molecular weight excluding hydrogens is 258 g/mol. The van der Waals surface area contributed by atoms with Crippen molar-refractivity contribution in [2.45, 2.75) is 32.7 Å². The number of aromatic nitrogens is 2. The van der Waals surface area contributed by atoms with Crippen LogP contribution in [0, 0.1) is 11.8 Å². The Kier molecular flexibility index (Phi) is 4.39. The molecule has 0 radical (unpaired) electrons. The first-order valence-corrected chi connectivity index (χ1v) is 8.04. The van der Waals surface area contributed by atoms with Crippen LogP contribution in [0.5, 0.6) is 0 Å². The summed E-state index contributed by atoms with van der Waals surface area (Å²) >= 11 is 0. The van der Waals surface area contributed by atoms with Crippen LogP contribution in [0.3, 0.4) is 0 Å². The molecular formula is C18H25N3. The van der Waals surface area contributed by atoms with Gasteiger partial charge in [0.05, 0.1) is 12.2 Å². The Morgan fingerprint density at radius 2 is 2.00 bits per heavy atom. The standard InChI is InChI=1S/C18H25N3/c1-14(2)10-19-11-16-8-9-18(16)21-13-17(12-20-21)15-6-4-3-5-7-15/h3-7,12-14,16,18-19H,8-11H2,1-2H3. The van der Waals surface area contributed by atoms with Gasteiger partial charge in [-0.1, -0.05) is 44.2 Å². The van der Waals surface area contributed by atoms with Crippen molar-refractivity contribution in [3.63, 3.8) is 0 Å². The molecule has 1 fully saturated rings. The molecule has 2 unspecified atom stereocenters. The lowest BCUT2D eigenvalue weighted by molar-refractivity contribution is 0.162. The van der Waals surface area contributed by atoms with Crippen molar-refractivity contribution < 1.29 is 0 Å². The molecule has 0 bridgehead atoms. The number of hydrogen-bond acceptors (Lipinski definition) is 2. The molecule has 2 aromatic rings. The molecule has 1 aromatic heterocycles. The van der Waals surface area contributed by atoms with Crippen LogP contribution in [-0.2, 0) is 0 Å². The molecule has 1 heterocycles. The maximum Gasteiger partial charge on any atom is 0.0568 e. The summed E-state index contributed by atoms with van der Waals surface area (Å²) in [7, 11) is 0. The van der Waals surface area contributed by atoms with E-state index in [0.717, 1.165) is 24.9 Å². The van der Waals surface area contributed by atoms with E-state index in [9.17, 15) is 0 Å². The van der Waals surface area contributed by atoms with Crippen molar-refractivity contribution in [3.8, 4) is 11.1 Å². The molecule has 3 heteroatoms. The molecule has 0 saturated heterocycles. The molecule has 3 rings (SSSR count). The number of nitrogens with one attached hydrogen (secondary N) is 1. The first kappa shape index (κ1) is 14.3. The summed E-state index contributed by atoms with van der Waals surface area (Å²) in [5, 5.41) is 8.18. The minimum Gasteiger partial charge on any atom is -0.316 e. The van der Waals surface area contributed by atoms with Crippen LogP contribution in [0.1, 0.15) is 32.7 Å². The highest BCUT2D eigenvalue weighted by molar-refractivity contribution is 5.61. The third kappa shape index (κ3) is 3.35. The highest BCUT2D eigenvalue weighted by Gasteiger charge is 2.32. The zero-order valence-corrected chi connectivity index (χ0v) is 13.0. The fourth-order valence-corrected chi connectivity index (χ4v) is 2.99. The van der Waals surface area contributed by atoms with E-state index >= 15 is 0 Å². The lowest BCUT2D eigenvalue weighted by Crippen LogP contribution is -2.38. The Hall–Kier alpha value is -1.61. The van der Waals surface area contributed by atoms with Gasteiger partial charge in [-0.05, 0) is 36.8 Å². The summed E-state index contributed by atoms with van der Waals surface area (Å²) in [6.07, 6.45) is 6.76. The minimum absolute atomic E-state index is 0.571. The Bertz CT molecular complexity index is 559. The topological polar surface area (TPSA) is 29.9 Å². The van der Waals surface area contributed by atoms with Crippen LogP contribution in [0.2, 0.25) is 0 Å². The van der Waals surface area contributed by atoms with E-state index < -0.39 is 0 Å². The summed E-state index contributed by atoms with van der Waals surface area (Å²) in [6.45, 7) is 6.73. The minimum atomic E-state index is 0.571. The van der Waals surface area contributed by atoms with Gasteiger partial charge >= 0.3 is 0 Å². The molecule has 0 aliphatic heterocycles. The summed E-state index contributed by atoms with van der Waals surface area (Å²) in [4.78, 5) is 0. The fourth-order valence-electron chi connectivity index (χ4n) is 2.99. The Balaban J connectivity index is 1.61. The number of hydrogen-bond donors (Lipinski definition) is 1. The molecule has 1 saturated carbocycles. The molecule has 2 atom stereocenters. The van der Waals surface area contributed by atoms with Crippen LogP contribution in [0.15, 0.2) is 42.7 Å². The Morgan fingerprint density at radius 3 is 2.67 bits per heavy atom. The second kappa shape index (κ2) is 6.44. The van der Waals surface area contributed by atoms with Crippen LogP contribution in [0.4, 0.5) is 0 Å². The smallest absolute Gasteiger partial charge is 0.0568 e. The predicted octanol–water partition coefficient (Wildman–Crippen LogP) is 3.75. The maximum absolute atomic E-state index is 4.60. The molecule has 1 aliphatic carbocycles. The molecule has 112 valence electrons. The van der Waals surface area contributed by atoms with Crippen molar-refractivity contribution in [2.24, 2.45) is 11.8 Å². The van der Waals surface area contributed by atoms with Gasteiger partial charge < -0.3 is 5.32 Å². The number of nitrogens with zero attached hydrogens (tertiary/aromatic N) is 2. The van der Waals surface area contributed by atoms with Gasteiger partial charge in [-0.2, -0.15) is 5.10 Å². The van der Waals surface area contributed by atoms with Gasteiger partial charge in [0.1, 0.15) is 0 Å². The van der Waals surface area contributed by atoms with Crippen molar-refractivity contribution in [1.29, 1.82) is 0 Å². The predicted molar refractivity (Wildman–Crippen MR) is 87.1 cm³/mol. The second-order valence-electron chi connectivity index (χ2n) is 6.53. The lowest BCUT2D eigenvalue weighted by atomic mass is 9.79. The lowest BCUT2D eigenvalue weighted by Gasteiger charge is -2.37. The first-order valence-electron chi connectivity index (χ1n) is 8.04. The van der Waals surface area contributed by atoms with Gasteiger partial charge in [-0.15, -0.1) is 0 Å². The van der Waals surface area contributed by atoms with Crippen LogP contribution >= 0.6 is 0 Å². The summed E-state index contributed by atoms with van der Waals surface area (Å²) in [5.41, 5.74) is 2.47. The van der Waals surface area contributed by atoms with E-state index in [4.69, 9.17) is 0 Å². The quantitative estimate of drug-likeness (QED) is 0.875. The molecule has 1 aliphatic rings. The molecule has 1 N–H and O–H groups in total. The van der Waals surface area contributed by atoms with Crippen molar-refractivity contribution >= 4 is 0 Å². The first-order chi connectivity index (χ1) is 10.2. The van der Waals surface area contributed by atoms with E-state index in [2.05, 4.69) is 65.5 Å². The zero-order valence-electron chi connectivity index (χ0n) is 13.0. The number of rotatable bonds is 6. The second-order valence-corrected chi connectivity index (χ2v) is 6.53. The summed E-state index contributed by atoms with van der Waals surface area (Å²) in [6, 6.07) is 11.1. The van der Waals surface area contributed by atoms with Gasteiger partial charge in [0.15, 0.2) is 0 Å². The third-order valence-corrected chi connectivity index (χ3v) is 4.38. The fraction of sp³-hybridized carbons (Fsp3) is 0.500. The summed E-state index contributed by atoms with van der Waals surface area (Å²) < 4.78 is 2.17. The highest BCUT2D eigenvalue weighted by Crippen LogP contribution is 2.38. The SMILES string of the molecule is CC(C)CNCC1CCC1n1cc(-c2ccccc2)cn1. The van der Waals surface area contributed by atoms with Crippen molar-refractivity contribution in [1.82, 2.24) is 15.1 Å². The molecule has 0 amide bonds. The summed E-state index contributed by atoms with van der Waals surface area (Å²) in [5.74, 6) is 1.45.